The monoisotopic (exact) mass is 406 g/mol. The SMILES string of the molecule is O=[N+]([O-])c1ccc2[nH]cc(C(c3c[nH]c4ccccc34)c3c[nH]c4ccccc34)c2c1. The molecule has 0 saturated carbocycles. The summed E-state index contributed by atoms with van der Waals surface area (Å²) < 4.78 is 0. The molecular formula is C25H18N4O2. The largest absolute Gasteiger partial charge is 0.361 e. The normalized spacial score (nSPS) is 11.8. The number of nitrogens with one attached hydrogen (secondary N) is 3. The summed E-state index contributed by atoms with van der Waals surface area (Å²) in [5.74, 6) is -0.108. The van der Waals surface area contributed by atoms with Gasteiger partial charge in [-0.05, 0) is 34.9 Å². The second kappa shape index (κ2) is 6.60. The fourth-order valence-corrected chi connectivity index (χ4v) is 4.65. The van der Waals surface area contributed by atoms with E-state index in [0.29, 0.717) is 0 Å². The highest BCUT2D eigenvalue weighted by molar-refractivity contribution is 5.93. The molecule has 0 saturated heterocycles. The Labute approximate surface area is 176 Å². The summed E-state index contributed by atoms with van der Waals surface area (Å²) >= 11 is 0. The molecule has 0 atom stereocenters. The Morgan fingerprint density at radius 2 is 1.13 bits per heavy atom. The topological polar surface area (TPSA) is 90.5 Å². The first-order valence-electron chi connectivity index (χ1n) is 10.1. The van der Waals surface area contributed by atoms with Crippen molar-refractivity contribution in [2.45, 2.75) is 5.92 Å². The van der Waals surface area contributed by atoms with Crippen molar-refractivity contribution in [2.75, 3.05) is 0 Å². The smallest absolute Gasteiger partial charge is 0.270 e. The van der Waals surface area contributed by atoms with Gasteiger partial charge in [-0.3, -0.25) is 10.1 Å². The first kappa shape index (κ1) is 17.5. The first-order chi connectivity index (χ1) is 15.2. The number of aromatic nitrogens is 3. The highest BCUT2D eigenvalue weighted by Gasteiger charge is 2.26. The molecule has 0 spiro atoms. The number of H-pyrrole nitrogens is 3. The lowest BCUT2D eigenvalue weighted by Crippen LogP contribution is -2.02. The molecule has 31 heavy (non-hydrogen) atoms. The molecule has 3 N–H and O–H groups in total. The molecular weight excluding hydrogens is 388 g/mol. The standard InChI is InChI=1S/C25H18N4O2/c30-29(31)15-9-10-24-18(11-15)21(14-28-24)25(19-12-26-22-7-3-1-5-16(19)22)20-13-27-23-8-4-2-6-17(20)23/h1-14,25-28H. The molecule has 6 aromatic rings. The van der Waals surface area contributed by atoms with Crippen LogP contribution in [-0.2, 0) is 0 Å². The molecule has 0 fully saturated rings. The van der Waals surface area contributed by atoms with Crippen LogP contribution in [0.3, 0.4) is 0 Å². The lowest BCUT2D eigenvalue weighted by Gasteiger charge is -2.16. The minimum absolute atomic E-state index is 0.0879. The van der Waals surface area contributed by atoms with Gasteiger partial charge in [0, 0.05) is 69.3 Å². The summed E-state index contributed by atoms with van der Waals surface area (Å²) in [7, 11) is 0. The van der Waals surface area contributed by atoms with Gasteiger partial charge in [0.15, 0.2) is 0 Å². The van der Waals surface area contributed by atoms with Gasteiger partial charge in [-0.15, -0.1) is 0 Å². The summed E-state index contributed by atoms with van der Waals surface area (Å²) in [4.78, 5) is 21.2. The summed E-state index contributed by atoms with van der Waals surface area (Å²) in [6.07, 6.45) is 6.07. The van der Waals surface area contributed by atoms with Crippen molar-refractivity contribution < 1.29 is 4.92 Å². The number of nitro benzene ring substituents is 1. The molecule has 0 aliphatic rings. The zero-order valence-electron chi connectivity index (χ0n) is 16.4. The van der Waals surface area contributed by atoms with E-state index in [1.54, 1.807) is 12.1 Å². The number of hydrogen-bond donors (Lipinski definition) is 3. The average molecular weight is 406 g/mol. The minimum atomic E-state index is -0.345. The van der Waals surface area contributed by atoms with Gasteiger partial charge < -0.3 is 15.0 Å². The number of hydrogen-bond acceptors (Lipinski definition) is 2. The average Bonchev–Trinajstić information content (AvgIpc) is 3.52. The minimum Gasteiger partial charge on any atom is -0.361 e. The van der Waals surface area contributed by atoms with Crippen molar-refractivity contribution >= 4 is 38.4 Å². The number of nitro groups is 1. The Kier molecular flexibility index (Phi) is 3.73. The Morgan fingerprint density at radius 3 is 1.68 bits per heavy atom. The van der Waals surface area contributed by atoms with Crippen LogP contribution in [0.25, 0.3) is 32.7 Å². The molecule has 0 bridgehead atoms. The van der Waals surface area contributed by atoms with Crippen LogP contribution in [0, 0.1) is 10.1 Å². The van der Waals surface area contributed by atoms with Crippen LogP contribution in [0.15, 0.2) is 85.3 Å². The van der Waals surface area contributed by atoms with E-state index in [1.165, 1.54) is 6.07 Å². The van der Waals surface area contributed by atoms with E-state index in [0.717, 1.165) is 49.4 Å². The van der Waals surface area contributed by atoms with Gasteiger partial charge in [0.2, 0.25) is 0 Å². The zero-order valence-corrected chi connectivity index (χ0v) is 16.4. The second-order valence-corrected chi connectivity index (χ2v) is 7.74. The third-order valence-corrected chi connectivity index (χ3v) is 6.08. The van der Waals surface area contributed by atoms with E-state index in [1.807, 2.05) is 42.9 Å². The molecule has 3 aromatic carbocycles. The lowest BCUT2D eigenvalue weighted by molar-refractivity contribution is -0.384. The van der Waals surface area contributed by atoms with Crippen LogP contribution in [0.1, 0.15) is 22.6 Å². The highest BCUT2D eigenvalue weighted by atomic mass is 16.6. The van der Waals surface area contributed by atoms with E-state index in [9.17, 15) is 10.1 Å². The number of rotatable bonds is 4. The maximum absolute atomic E-state index is 11.4. The number of benzene rings is 3. The molecule has 6 heteroatoms. The van der Waals surface area contributed by atoms with E-state index in [4.69, 9.17) is 0 Å². The summed E-state index contributed by atoms with van der Waals surface area (Å²) in [5, 5.41) is 14.6. The van der Waals surface area contributed by atoms with E-state index < -0.39 is 0 Å². The molecule has 3 heterocycles. The van der Waals surface area contributed by atoms with Crippen molar-refractivity contribution in [1.29, 1.82) is 0 Å². The second-order valence-electron chi connectivity index (χ2n) is 7.74. The Balaban J connectivity index is 1.68. The van der Waals surface area contributed by atoms with Gasteiger partial charge >= 0.3 is 0 Å². The van der Waals surface area contributed by atoms with Gasteiger partial charge in [-0.1, -0.05) is 36.4 Å². The number of aromatic amines is 3. The predicted molar refractivity (Wildman–Crippen MR) is 122 cm³/mol. The van der Waals surface area contributed by atoms with E-state index >= 15 is 0 Å². The van der Waals surface area contributed by atoms with Crippen molar-refractivity contribution in [3.63, 3.8) is 0 Å². The van der Waals surface area contributed by atoms with Crippen LogP contribution >= 0.6 is 0 Å². The maximum atomic E-state index is 11.4. The molecule has 150 valence electrons. The lowest BCUT2D eigenvalue weighted by atomic mass is 9.84. The van der Waals surface area contributed by atoms with Crippen LogP contribution in [-0.4, -0.2) is 19.9 Å². The van der Waals surface area contributed by atoms with Crippen molar-refractivity contribution in [1.82, 2.24) is 15.0 Å². The third-order valence-electron chi connectivity index (χ3n) is 6.08. The molecule has 0 unspecified atom stereocenters. The van der Waals surface area contributed by atoms with Crippen molar-refractivity contribution in [3.05, 3.63) is 112 Å². The number of fused-ring (bicyclic) bond motifs is 3. The van der Waals surface area contributed by atoms with Crippen molar-refractivity contribution in [3.8, 4) is 0 Å². The van der Waals surface area contributed by atoms with Gasteiger partial charge in [-0.25, -0.2) is 0 Å². The maximum Gasteiger partial charge on any atom is 0.270 e. The first-order valence-corrected chi connectivity index (χ1v) is 10.1. The molecule has 0 aliphatic heterocycles. The van der Waals surface area contributed by atoms with Crippen molar-refractivity contribution in [2.24, 2.45) is 0 Å². The number of non-ortho nitro benzene ring substituents is 1. The number of para-hydroxylation sites is 2. The van der Waals surface area contributed by atoms with Crippen LogP contribution in [0.4, 0.5) is 5.69 Å². The number of nitrogens with zero attached hydrogens (tertiary/aromatic N) is 1. The fourth-order valence-electron chi connectivity index (χ4n) is 4.65. The fraction of sp³-hybridized carbons (Fsp3) is 0.0400. The molecule has 6 nitrogen and oxygen atoms in total. The van der Waals surface area contributed by atoms with Crippen LogP contribution < -0.4 is 0 Å². The Hall–Kier alpha value is -4.32. The van der Waals surface area contributed by atoms with Crippen LogP contribution in [0.5, 0.6) is 0 Å². The molecule has 0 aliphatic carbocycles. The van der Waals surface area contributed by atoms with Gasteiger partial charge in [-0.2, -0.15) is 0 Å². The Bertz CT molecular complexity index is 1510. The molecule has 0 amide bonds. The quantitative estimate of drug-likeness (QED) is 0.240. The van der Waals surface area contributed by atoms with Crippen LogP contribution in [0.2, 0.25) is 0 Å². The van der Waals surface area contributed by atoms with E-state index in [-0.39, 0.29) is 16.5 Å². The Morgan fingerprint density at radius 1 is 0.645 bits per heavy atom. The summed E-state index contributed by atoms with van der Waals surface area (Å²) in [6.45, 7) is 0. The molecule has 6 rings (SSSR count). The summed E-state index contributed by atoms with van der Waals surface area (Å²) in [6, 6.07) is 21.4. The molecule has 0 radical (unpaired) electrons. The third kappa shape index (κ3) is 2.65. The molecule has 3 aromatic heterocycles. The van der Waals surface area contributed by atoms with Gasteiger partial charge in [0.25, 0.3) is 5.69 Å². The summed E-state index contributed by atoms with van der Waals surface area (Å²) in [5.41, 5.74) is 6.37. The highest BCUT2D eigenvalue weighted by Crippen LogP contribution is 2.42. The zero-order chi connectivity index (χ0) is 20.9. The van der Waals surface area contributed by atoms with E-state index in [2.05, 4.69) is 39.2 Å². The predicted octanol–water partition coefficient (Wildman–Crippen LogP) is 6.22. The van der Waals surface area contributed by atoms with Gasteiger partial charge in [0.05, 0.1) is 4.92 Å². The van der Waals surface area contributed by atoms with Gasteiger partial charge in [0.1, 0.15) is 0 Å².